The normalized spacial score (nSPS) is 9.06. The number of carbonyl (C=O) groups is 1. The molecule has 0 N–H and O–H groups in total. The molecule has 0 aliphatic carbocycles. The van der Waals surface area contributed by atoms with Crippen molar-refractivity contribution in [1.82, 2.24) is 0 Å². The van der Waals surface area contributed by atoms with E-state index in [1.54, 1.807) is 12.1 Å². The monoisotopic (exact) mass is 220 g/mol. The second-order valence-electron chi connectivity index (χ2n) is 2.87. The van der Waals surface area contributed by atoms with Gasteiger partial charge < -0.3 is 14.2 Å². The van der Waals surface area contributed by atoms with E-state index in [1.165, 1.54) is 14.2 Å². The van der Waals surface area contributed by atoms with Crippen LogP contribution in [0, 0.1) is 12.3 Å². The maximum Gasteiger partial charge on any atom is 0.204 e. The van der Waals surface area contributed by atoms with Crippen molar-refractivity contribution in [2.75, 3.05) is 20.8 Å². The highest BCUT2D eigenvalue weighted by molar-refractivity contribution is 5.78. The van der Waals surface area contributed by atoms with E-state index in [9.17, 15) is 4.79 Å². The summed E-state index contributed by atoms with van der Waals surface area (Å²) in [5.74, 6) is 3.57. The van der Waals surface area contributed by atoms with Crippen LogP contribution in [-0.2, 0) is 0 Å². The average Bonchev–Trinajstić information content (AvgIpc) is 2.35. The molecule has 0 aliphatic rings. The number of ether oxygens (including phenoxy) is 3. The summed E-state index contributed by atoms with van der Waals surface area (Å²) in [4.78, 5) is 10.7. The van der Waals surface area contributed by atoms with Crippen molar-refractivity contribution < 1.29 is 19.0 Å². The molecule has 4 heteroatoms. The lowest BCUT2D eigenvalue weighted by Gasteiger charge is -2.13. The van der Waals surface area contributed by atoms with Gasteiger partial charge in [-0.15, -0.1) is 6.42 Å². The van der Waals surface area contributed by atoms with Crippen LogP contribution in [0.1, 0.15) is 10.4 Å². The Bertz CT molecular complexity index is 393. The lowest BCUT2D eigenvalue weighted by Crippen LogP contribution is -2.00. The van der Waals surface area contributed by atoms with Crippen LogP contribution in [0.25, 0.3) is 0 Å². The van der Waals surface area contributed by atoms with E-state index in [2.05, 4.69) is 5.92 Å². The summed E-state index contributed by atoms with van der Waals surface area (Å²) >= 11 is 0. The molecule has 0 atom stereocenters. The fourth-order valence-corrected chi connectivity index (χ4v) is 1.22. The first kappa shape index (κ1) is 11.9. The van der Waals surface area contributed by atoms with Gasteiger partial charge >= 0.3 is 0 Å². The number of aldehydes is 1. The predicted molar refractivity (Wildman–Crippen MR) is 59.3 cm³/mol. The summed E-state index contributed by atoms with van der Waals surface area (Å²) in [6.45, 7) is 0.104. The smallest absolute Gasteiger partial charge is 0.204 e. The molecule has 0 heterocycles. The minimum atomic E-state index is 0.104. The standard InChI is InChI=1S/C12H12O4/c1-4-5-16-12-10(14-2)6-9(8-13)7-11(12)15-3/h1,6-8H,5H2,2-3H3. The molecule has 0 fully saturated rings. The molecule has 0 aromatic heterocycles. The minimum Gasteiger partial charge on any atom is -0.493 e. The highest BCUT2D eigenvalue weighted by Gasteiger charge is 2.13. The van der Waals surface area contributed by atoms with Gasteiger partial charge in [-0.2, -0.15) is 0 Å². The van der Waals surface area contributed by atoms with Gasteiger partial charge in [0.05, 0.1) is 14.2 Å². The number of methoxy groups -OCH3 is 2. The molecular weight excluding hydrogens is 208 g/mol. The van der Waals surface area contributed by atoms with Gasteiger partial charge in [-0.3, -0.25) is 4.79 Å². The van der Waals surface area contributed by atoms with Crippen molar-refractivity contribution in [1.29, 1.82) is 0 Å². The number of hydrogen-bond donors (Lipinski definition) is 0. The van der Waals surface area contributed by atoms with E-state index in [0.717, 1.165) is 0 Å². The largest absolute Gasteiger partial charge is 0.493 e. The van der Waals surface area contributed by atoms with Gasteiger partial charge in [0.1, 0.15) is 12.9 Å². The van der Waals surface area contributed by atoms with Crippen LogP contribution < -0.4 is 14.2 Å². The molecule has 1 aromatic rings. The number of terminal acetylenes is 1. The maximum atomic E-state index is 10.7. The van der Waals surface area contributed by atoms with E-state index in [4.69, 9.17) is 20.6 Å². The van der Waals surface area contributed by atoms with Crippen LogP contribution in [0.5, 0.6) is 17.2 Å². The van der Waals surface area contributed by atoms with Gasteiger partial charge in [0.15, 0.2) is 11.5 Å². The molecular formula is C12H12O4. The van der Waals surface area contributed by atoms with E-state index in [-0.39, 0.29) is 6.61 Å². The van der Waals surface area contributed by atoms with Crippen LogP contribution in [0.4, 0.5) is 0 Å². The molecule has 0 saturated heterocycles. The van der Waals surface area contributed by atoms with Crippen LogP contribution >= 0.6 is 0 Å². The molecule has 16 heavy (non-hydrogen) atoms. The maximum absolute atomic E-state index is 10.7. The van der Waals surface area contributed by atoms with Crippen molar-refractivity contribution in [3.05, 3.63) is 17.7 Å². The Labute approximate surface area is 94.1 Å². The molecule has 1 rings (SSSR count). The zero-order valence-corrected chi connectivity index (χ0v) is 9.15. The Morgan fingerprint density at radius 3 is 2.25 bits per heavy atom. The Kier molecular flexibility index (Phi) is 4.22. The fraction of sp³-hybridized carbons (Fsp3) is 0.250. The van der Waals surface area contributed by atoms with Crippen molar-refractivity contribution in [3.8, 4) is 29.6 Å². The van der Waals surface area contributed by atoms with E-state index >= 15 is 0 Å². The number of carbonyl (C=O) groups excluding carboxylic acids is 1. The molecule has 0 radical (unpaired) electrons. The highest BCUT2D eigenvalue weighted by Crippen LogP contribution is 2.38. The lowest BCUT2D eigenvalue weighted by molar-refractivity contribution is 0.112. The van der Waals surface area contributed by atoms with Gasteiger partial charge in [-0.05, 0) is 12.1 Å². The molecule has 0 amide bonds. The Morgan fingerprint density at radius 1 is 1.31 bits per heavy atom. The van der Waals surface area contributed by atoms with Crippen LogP contribution in [-0.4, -0.2) is 27.1 Å². The zero-order chi connectivity index (χ0) is 12.0. The second-order valence-corrected chi connectivity index (χ2v) is 2.87. The van der Waals surface area contributed by atoms with Crippen molar-refractivity contribution in [2.24, 2.45) is 0 Å². The third-order valence-electron chi connectivity index (χ3n) is 1.92. The number of hydrogen-bond acceptors (Lipinski definition) is 4. The van der Waals surface area contributed by atoms with E-state index in [0.29, 0.717) is 29.1 Å². The molecule has 0 aliphatic heterocycles. The second kappa shape index (κ2) is 5.66. The summed E-state index contributed by atoms with van der Waals surface area (Å²) in [6.07, 6.45) is 5.81. The molecule has 4 nitrogen and oxygen atoms in total. The third-order valence-corrected chi connectivity index (χ3v) is 1.92. The first-order chi connectivity index (χ1) is 7.76. The molecule has 0 spiro atoms. The summed E-state index contributed by atoms with van der Waals surface area (Å²) in [6, 6.07) is 3.11. The molecule has 0 unspecified atom stereocenters. The summed E-state index contributed by atoms with van der Waals surface area (Å²) in [7, 11) is 2.96. The Hall–Kier alpha value is -2.15. The zero-order valence-electron chi connectivity index (χ0n) is 9.15. The molecule has 0 bridgehead atoms. The van der Waals surface area contributed by atoms with Gasteiger partial charge in [-0.1, -0.05) is 5.92 Å². The quantitative estimate of drug-likeness (QED) is 0.557. The Morgan fingerprint density at radius 2 is 1.88 bits per heavy atom. The van der Waals surface area contributed by atoms with Gasteiger partial charge in [0.2, 0.25) is 5.75 Å². The summed E-state index contributed by atoms with van der Waals surface area (Å²) in [5, 5.41) is 0. The molecule has 84 valence electrons. The Balaban J connectivity index is 3.20. The van der Waals surface area contributed by atoms with Gasteiger partial charge in [0, 0.05) is 5.56 Å². The van der Waals surface area contributed by atoms with E-state index in [1.807, 2.05) is 0 Å². The summed E-state index contributed by atoms with van der Waals surface area (Å²) in [5.41, 5.74) is 0.446. The first-order valence-corrected chi connectivity index (χ1v) is 4.54. The lowest BCUT2D eigenvalue weighted by atomic mass is 10.2. The average molecular weight is 220 g/mol. The van der Waals surface area contributed by atoms with Crippen molar-refractivity contribution >= 4 is 6.29 Å². The van der Waals surface area contributed by atoms with Crippen molar-refractivity contribution in [2.45, 2.75) is 0 Å². The predicted octanol–water partition coefficient (Wildman–Crippen LogP) is 1.53. The van der Waals surface area contributed by atoms with Crippen LogP contribution in [0.15, 0.2) is 12.1 Å². The van der Waals surface area contributed by atoms with Crippen LogP contribution in [0.3, 0.4) is 0 Å². The van der Waals surface area contributed by atoms with Gasteiger partial charge in [-0.25, -0.2) is 0 Å². The molecule has 1 aromatic carbocycles. The van der Waals surface area contributed by atoms with Crippen LogP contribution in [0.2, 0.25) is 0 Å². The number of benzene rings is 1. The molecule has 0 saturated carbocycles. The minimum absolute atomic E-state index is 0.104. The first-order valence-electron chi connectivity index (χ1n) is 4.54. The third kappa shape index (κ3) is 2.45. The fourth-order valence-electron chi connectivity index (χ4n) is 1.22. The topological polar surface area (TPSA) is 44.8 Å². The number of rotatable bonds is 5. The van der Waals surface area contributed by atoms with E-state index < -0.39 is 0 Å². The van der Waals surface area contributed by atoms with Crippen molar-refractivity contribution in [3.63, 3.8) is 0 Å². The SMILES string of the molecule is C#CCOc1c(OC)cc(C=O)cc1OC. The van der Waals surface area contributed by atoms with Gasteiger partial charge in [0.25, 0.3) is 0 Å². The summed E-state index contributed by atoms with van der Waals surface area (Å²) < 4.78 is 15.5. The highest BCUT2D eigenvalue weighted by atomic mass is 16.5.